The van der Waals surface area contributed by atoms with Gasteiger partial charge in [-0.25, -0.2) is 0 Å². The molecule has 0 heterocycles. The van der Waals surface area contributed by atoms with Crippen LogP contribution in [0.15, 0.2) is 24.3 Å². The summed E-state index contributed by atoms with van der Waals surface area (Å²) in [5, 5.41) is 2.47. The van der Waals surface area contributed by atoms with Gasteiger partial charge in [-0.05, 0) is 97.4 Å². The highest BCUT2D eigenvalue weighted by Gasteiger charge is 2.31. The molecule has 154 valence electrons. The van der Waals surface area contributed by atoms with Crippen LogP contribution in [0.3, 0.4) is 0 Å². The molecule has 0 aromatic heterocycles. The summed E-state index contributed by atoms with van der Waals surface area (Å²) < 4.78 is 0. The predicted octanol–water partition coefficient (Wildman–Crippen LogP) is 8.68. The van der Waals surface area contributed by atoms with Crippen molar-refractivity contribution in [3.63, 3.8) is 0 Å². The molecule has 0 spiro atoms. The van der Waals surface area contributed by atoms with Crippen molar-refractivity contribution in [3.8, 4) is 11.3 Å². The Morgan fingerprint density at radius 3 is 2.00 bits per heavy atom. The Balaban J connectivity index is 1.36. The van der Waals surface area contributed by atoms with E-state index in [1.165, 1.54) is 95.5 Å². The first-order valence-electron chi connectivity index (χ1n) is 12.0. The molecule has 0 bridgehead atoms. The third kappa shape index (κ3) is 6.56. The predicted molar refractivity (Wildman–Crippen MR) is 123 cm³/mol. The highest BCUT2D eigenvalue weighted by Crippen LogP contribution is 2.44. The minimum Gasteiger partial charge on any atom is -0.0654 e. The van der Waals surface area contributed by atoms with E-state index in [-0.39, 0.29) is 0 Å². The third-order valence-electron chi connectivity index (χ3n) is 7.62. The lowest BCUT2D eigenvalue weighted by Crippen LogP contribution is -2.25. The summed E-state index contributed by atoms with van der Waals surface area (Å²) in [4.78, 5) is 0. The molecule has 1 heteroatoms. The first-order valence-corrected chi connectivity index (χ1v) is 12.4. The second-order valence-corrected chi connectivity index (χ2v) is 9.63. The summed E-state index contributed by atoms with van der Waals surface area (Å²) in [6.07, 6.45) is 20.4. The summed E-state index contributed by atoms with van der Waals surface area (Å²) in [6, 6.07) is 8.79. The molecule has 0 unspecified atom stereocenters. The molecule has 0 saturated heterocycles. The highest BCUT2D eigenvalue weighted by atomic mass is 35.5. The van der Waals surface area contributed by atoms with Crippen LogP contribution in [0.5, 0.6) is 0 Å². The van der Waals surface area contributed by atoms with Crippen LogP contribution >= 0.6 is 11.6 Å². The molecule has 0 nitrogen and oxygen atoms in total. The minimum atomic E-state index is 0.758. The molecule has 2 saturated carbocycles. The van der Waals surface area contributed by atoms with Crippen molar-refractivity contribution in [2.24, 2.45) is 17.8 Å². The van der Waals surface area contributed by atoms with Crippen molar-refractivity contribution in [3.05, 3.63) is 35.4 Å². The van der Waals surface area contributed by atoms with Gasteiger partial charge in [-0.1, -0.05) is 70.4 Å². The molecule has 0 radical (unpaired) electrons. The fraction of sp³-hybridized carbons (Fsp3) is 0.704. The Morgan fingerprint density at radius 2 is 1.39 bits per heavy atom. The van der Waals surface area contributed by atoms with Gasteiger partial charge in [-0.2, -0.15) is 0 Å². The molecular weight excluding hydrogens is 360 g/mol. The molecule has 2 fully saturated rings. The van der Waals surface area contributed by atoms with Crippen molar-refractivity contribution < 1.29 is 0 Å². The molecule has 1 aromatic carbocycles. The lowest BCUT2D eigenvalue weighted by atomic mass is 9.68. The Kier molecular flexibility index (Phi) is 9.27. The van der Waals surface area contributed by atoms with Crippen molar-refractivity contribution in [2.45, 2.75) is 103 Å². The minimum absolute atomic E-state index is 0.758. The smallest absolute Gasteiger partial charge is 0.0258 e. The second kappa shape index (κ2) is 11.9. The summed E-state index contributed by atoms with van der Waals surface area (Å²) in [6.45, 7) is 2.31. The van der Waals surface area contributed by atoms with Gasteiger partial charge >= 0.3 is 0 Å². The Morgan fingerprint density at radius 1 is 0.786 bits per heavy atom. The Bertz CT molecular complexity index is 604. The van der Waals surface area contributed by atoms with Crippen LogP contribution in [0.2, 0.25) is 0 Å². The lowest BCUT2D eigenvalue weighted by molar-refractivity contribution is 0.155. The Hall–Kier alpha value is -0.930. The number of rotatable bonds is 8. The maximum atomic E-state index is 5.51. The van der Waals surface area contributed by atoms with Gasteiger partial charge < -0.3 is 0 Å². The molecule has 3 rings (SSSR count). The second-order valence-electron chi connectivity index (χ2n) is 9.44. The number of halogens is 1. The molecule has 0 N–H and O–H groups in total. The number of benzene rings is 1. The maximum Gasteiger partial charge on any atom is 0.0258 e. The quantitative estimate of drug-likeness (QED) is 0.303. The standard InChI is InChI=1S/C27H39Cl/c1-2-3-4-5-6-7-22-8-12-24(13-9-22)26-16-18-27(19-17-26)25-14-10-23(11-15-25)20-21-28/h10-11,14-15,22,24,26-27H,2-9,12-13,16-19H2,1H3. The van der Waals surface area contributed by atoms with E-state index in [1.807, 2.05) is 0 Å². The summed E-state index contributed by atoms with van der Waals surface area (Å²) >= 11 is 5.51. The lowest BCUT2D eigenvalue weighted by Gasteiger charge is -2.38. The number of hydrogen-bond acceptors (Lipinski definition) is 0. The average molecular weight is 399 g/mol. The van der Waals surface area contributed by atoms with Crippen molar-refractivity contribution in [2.75, 3.05) is 0 Å². The van der Waals surface area contributed by atoms with Crippen LogP contribution in [0.25, 0.3) is 0 Å². The fourth-order valence-electron chi connectivity index (χ4n) is 5.80. The van der Waals surface area contributed by atoms with Crippen LogP contribution in [0.1, 0.15) is 114 Å². The zero-order valence-corrected chi connectivity index (χ0v) is 18.7. The van der Waals surface area contributed by atoms with E-state index in [1.54, 1.807) is 0 Å². The van der Waals surface area contributed by atoms with Gasteiger partial charge in [0.05, 0.1) is 0 Å². The number of unbranched alkanes of at least 4 members (excludes halogenated alkanes) is 4. The normalized spacial score (nSPS) is 27.8. The highest BCUT2D eigenvalue weighted by molar-refractivity contribution is 6.30. The van der Waals surface area contributed by atoms with E-state index in [2.05, 4.69) is 42.5 Å². The van der Waals surface area contributed by atoms with Crippen LogP contribution in [-0.4, -0.2) is 0 Å². The zero-order valence-electron chi connectivity index (χ0n) is 17.9. The molecule has 0 aliphatic heterocycles. The van der Waals surface area contributed by atoms with Gasteiger partial charge in [0.1, 0.15) is 0 Å². The van der Waals surface area contributed by atoms with Crippen molar-refractivity contribution in [1.29, 1.82) is 0 Å². The van der Waals surface area contributed by atoms with Gasteiger partial charge in [0, 0.05) is 10.9 Å². The fourth-order valence-corrected chi connectivity index (χ4v) is 5.91. The molecular formula is C27H39Cl. The third-order valence-corrected chi connectivity index (χ3v) is 7.71. The molecule has 2 aliphatic carbocycles. The summed E-state index contributed by atoms with van der Waals surface area (Å²) in [7, 11) is 0. The molecule has 0 amide bonds. The molecule has 1 aromatic rings. The molecule has 2 aliphatic rings. The van der Waals surface area contributed by atoms with E-state index >= 15 is 0 Å². The van der Waals surface area contributed by atoms with Crippen molar-refractivity contribution >= 4 is 11.6 Å². The SMILES string of the molecule is CCCCCCCC1CCC(C2CCC(c3ccc(C#CCl)cc3)CC2)CC1. The first kappa shape index (κ1) is 21.8. The largest absolute Gasteiger partial charge is 0.0654 e. The van der Waals surface area contributed by atoms with E-state index in [4.69, 9.17) is 11.6 Å². The van der Waals surface area contributed by atoms with Gasteiger partial charge in [0.15, 0.2) is 0 Å². The van der Waals surface area contributed by atoms with Gasteiger partial charge in [-0.3, -0.25) is 0 Å². The van der Waals surface area contributed by atoms with Crippen molar-refractivity contribution in [1.82, 2.24) is 0 Å². The monoisotopic (exact) mass is 398 g/mol. The molecule has 0 atom stereocenters. The summed E-state index contributed by atoms with van der Waals surface area (Å²) in [5.74, 6) is 6.76. The van der Waals surface area contributed by atoms with Gasteiger partial charge in [0.2, 0.25) is 0 Å². The maximum absolute atomic E-state index is 5.51. The van der Waals surface area contributed by atoms with Crippen LogP contribution in [0.4, 0.5) is 0 Å². The molecule has 28 heavy (non-hydrogen) atoms. The van der Waals surface area contributed by atoms with E-state index in [9.17, 15) is 0 Å². The average Bonchev–Trinajstić information content (AvgIpc) is 2.75. The number of hydrogen-bond donors (Lipinski definition) is 0. The van der Waals surface area contributed by atoms with Crippen LogP contribution < -0.4 is 0 Å². The van der Waals surface area contributed by atoms with E-state index < -0.39 is 0 Å². The summed E-state index contributed by atoms with van der Waals surface area (Å²) in [5.41, 5.74) is 2.53. The van der Waals surface area contributed by atoms with Crippen LogP contribution in [-0.2, 0) is 0 Å². The Labute approximate surface area is 178 Å². The first-order chi connectivity index (χ1) is 13.8. The van der Waals surface area contributed by atoms with E-state index in [0.717, 1.165) is 29.2 Å². The van der Waals surface area contributed by atoms with E-state index in [0.29, 0.717) is 0 Å². The van der Waals surface area contributed by atoms with Gasteiger partial charge in [-0.15, -0.1) is 0 Å². The van der Waals surface area contributed by atoms with Crippen LogP contribution in [0, 0.1) is 29.1 Å². The van der Waals surface area contributed by atoms with Gasteiger partial charge in [0.25, 0.3) is 0 Å². The topological polar surface area (TPSA) is 0 Å². The zero-order chi connectivity index (χ0) is 19.6.